The van der Waals surface area contributed by atoms with Gasteiger partial charge in [0, 0.05) is 32.7 Å². The molecule has 1 unspecified atom stereocenters. The number of piperidine rings is 1. The Kier molecular flexibility index (Phi) is 5.39. The fourth-order valence-electron chi connectivity index (χ4n) is 4.05. The Morgan fingerprint density at radius 1 is 1.04 bits per heavy atom. The van der Waals surface area contributed by atoms with Crippen molar-refractivity contribution in [2.24, 2.45) is 0 Å². The van der Waals surface area contributed by atoms with Crippen molar-refractivity contribution in [3.8, 4) is 17.2 Å². The lowest BCUT2D eigenvalue weighted by Crippen LogP contribution is -2.48. The van der Waals surface area contributed by atoms with Crippen molar-refractivity contribution in [2.45, 2.75) is 25.0 Å². The minimum Gasteiger partial charge on any atom is -0.495 e. The molecule has 2 aliphatic rings. The van der Waals surface area contributed by atoms with E-state index in [1.165, 1.54) is 5.69 Å². The highest BCUT2D eigenvalue weighted by molar-refractivity contribution is 5.58. The quantitative estimate of drug-likeness (QED) is 0.808. The van der Waals surface area contributed by atoms with Crippen LogP contribution in [-0.2, 0) is 0 Å². The molecule has 144 valence electrons. The van der Waals surface area contributed by atoms with E-state index >= 15 is 0 Å². The molecule has 4 rings (SSSR count). The second-order valence-corrected chi connectivity index (χ2v) is 7.31. The molecular weight excluding hydrogens is 340 g/mol. The molecule has 1 fully saturated rings. The number of anilines is 1. The van der Waals surface area contributed by atoms with E-state index in [1.54, 1.807) is 7.11 Å². The van der Waals surface area contributed by atoms with Crippen LogP contribution >= 0.6 is 0 Å². The molecule has 0 spiro atoms. The first-order valence-corrected chi connectivity index (χ1v) is 9.71. The molecule has 0 amide bonds. The summed E-state index contributed by atoms with van der Waals surface area (Å²) in [5.74, 6) is 2.65. The van der Waals surface area contributed by atoms with E-state index in [0.717, 1.165) is 49.7 Å². The summed E-state index contributed by atoms with van der Waals surface area (Å²) in [4.78, 5) is 4.86. The van der Waals surface area contributed by atoms with E-state index in [4.69, 9.17) is 14.2 Å². The molecule has 0 radical (unpaired) electrons. The van der Waals surface area contributed by atoms with E-state index < -0.39 is 0 Å². The van der Waals surface area contributed by atoms with E-state index in [1.807, 2.05) is 36.4 Å². The summed E-state index contributed by atoms with van der Waals surface area (Å²) in [7, 11) is 3.91. The van der Waals surface area contributed by atoms with Gasteiger partial charge in [-0.05, 0) is 37.1 Å². The fraction of sp³-hybridized carbons (Fsp3) is 0.455. The molecule has 2 aliphatic heterocycles. The summed E-state index contributed by atoms with van der Waals surface area (Å²) in [6.07, 6.45) is 2.38. The lowest BCUT2D eigenvalue weighted by molar-refractivity contribution is 0.0515. The lowest BCUT2D eigenvalue weighted by atomic mass is 10.0. The van der Waals surface area contributed by atoms with Crippen molar-refractivity contribution in [2.75, 3.05) is 45.3 Å². The first kappa shape index (κ1) is 18.0. The van der Waals surface area contributed by atoms with Crippen molar-refractivity contribution in [3.63, 3.8) is 0 Å². The Labute approximate surface area is 161 Å². The van der Waals surface area contributed by atoms with Crippen molar-refractivity contribution in [3.05, 3.63) is 48.5 Å². The van der Waals surface area contributed by atoms with Crippen LogP contribution in [0.3, 0.4) is 0 Å². The van der Waals surface area contributed by atoms with Gasteiger partial charge in [0.05, 0.1) is 12.8 Å². The van der Waals surface area contributed by atoms with Crippen LogP contribution in [0.2, 0.25) is 0 Å². The second-order valence-electron chi connectivity index (χ2n) is 7.31. The maximum atomic E-state index is 6.11. The number of ether oxygens (including phenoxy) is 3. The zero-order valence-corrected chi connectivity index (χ0v) is 16.1. The van der Waals surface area contributed by atoms with Crippen LogP contribution in [0.1, 0.15) is 12.8 Å². The fourth-order valence-corrected chi connectivity index (χ4v) is 4.05. The standard InChI is InChI=1S/C22H28N2O3/c1-23(19-7-3-4-8-20(19)25-2)17-11-13-24(14-12-17)15-18-16-26-21-9-5-6-10-22(21)27-18/h3-10,17-18H,11-16H2,1-2H3. The predicted molar refractivity (Wildman–Crippen MR) is 107 cm³/mol. The monoisotopic (exact) mass is 368 g/mol. The summed E-state index contributed by atoms with van der Waals surface area (Å²) in [5, 5.41) is 0. The third kappa shape index (κ3) is 3.98. The van der Waals surface area contributed by atoms with Gasteiger partial charge < -0.3 is 19.1 Å². The van der Waals surface area contributed by atoms with Gasteiger partial charge in [-0.1, -0.05) is 24.3 Å². The van der Waals surface area contributed by atoms with Gasteiger partial charge in [0.2, 0.25) is 0 Å². The lowest BCUT2D eigenvalue weighted by Gasteiger charge is -2.39. The molecule has 2 heterocycles. The highest BCUT2D eigenvalue weighted by Crippen LogP contribution is 2.32. The van der Waals surface area contributed by atoms with Crippen LogP contribution in [-0.4, -0.2) is 57.4 Å². The Balaban J connectivity index is 1.30. The molecule has 5 nitrogen and oxygen atoms in total. The van der Waals surface area contributed by atoms with Crippen molar-refractivity contribution in [1.29, 1.82) is 0 Å². The van der Waals surface area contributed by atoms with Gasteiger partial charge >= 0.3 is 0 Å². The van der Waals surface area contributed by atoms with E-state index in [0.29, 0.717) is 12.6 Å². The third-order valence-electron chi connectivity index (χ3n) is 5.60. The zero-order chi connectivity index (χ0) is 18.6. The number of fused-ring (bicyclic) bond motifs is 1. The van der Waals surface area contributed by atoms with Gasteiger partial charge in [-0.15, -0.1) is 0 Å². The molecule has 0 N–H and O–H groups in total. The minimum atomic E-state index is 0.100. The second kappa shape index (κ2) is 8.09. The Bertz CT molecular complexity index is 759. The average molecular weight is 368 g/mol. The number of hydrogen-bond donors (Lipinski definition) is 0. The summed E-state index contributed by atoms with van der Waals surface area (Å²) >= 11 is 0. The van der Waals surface area contributed by atoms with Crippen LogP contribution < -0.4 is 19.1 Å². The van der Waals surface area contributed by atoms with Crippen molar-refractivity contribution >= 4 is 5.69 Å². The number of rotatable bonds is 5. The van der Waals surface area contributed by atoms with Crippen LogP contribution in [0.4, 0.5) is 5.69 Å². The molecule has 0 saturated carbocycles. The largest absolute Gasteiger partial charge is 0.495 e. The van der Waals surface area contributed by atoms with Gasteiger partial charge in [-0.2, -0.15) is 0 Å². The van der Waals surface area contributed by atoms with Crippen LogP contribution in [0.15, 0.2) is 48.5 Å². The summed E-state index contributed by atoms with van der Waals surface area (Å²) in [5.41, 5.74) is 1.17. The number of para-hydroxylation sites is 4. The number of benzene rings is 2. The highest BCUT2D eigenvalue weighted by atomic mass is 16.6. The van der Waals surface area contributed by atoms with Crippen LogP contribution in [0, 0.1) is 0 Å². The molecular formula is C22H28N2O3. The Hall–Kier alpha value is -2.40. The number of likely N-dealkylation sites (tertiary alicyclic amines) is 1. The van der Waals surface area contributed by atoms with Gasteiger partial charge in [0.15, 0.2) is 11.5 Å². The number of hydrogen-bond acceptors (Lipinski definition) is 5. The zero-order valence-electron chi connectivity index (χ0n) is 16.1. The van der Waals surface area contributed by atoms with E-state index in [9.17, 15) is 0 Å². The van der Waals surface area contributed by atoms with E-state index in [2.05, 4.69) is 29.0 Å². The average Bonchev–Trinajstić information content (AvgIpc) is 2.73. The SMILES string of the molecule is COc1ccccc1N(C)C1CCN(CC2COc3ccccc3O2)CC1. The molecule has 1 saturated heterocycles. The van der Waals surface area contributed by atoms with Gasteiger partial charge in [-0.3, -0.25) is 4.90 Å². The molecule has 27 heavy (non-hydrogen) atoms. The van der Waals surface area contributed by atoms with Crippen LogP contribution in [0.5, 0.6) is 17.2 Å². The van der Waals surface area contributed by atoms with Crippen molar-refractivity contribution < 1.29 is 14.2 Å². The molecule has 2 aromatic carbocycles. The summed E-state index contributed by atoms with van der Waals surface area (Å²) < 4.78 is 17.5. The normalized spacial score (nSPS) is 20.3. The predicted octanol–water partition coefficient (Wildman–Crippen LogP) is 3.44. The van der Waals surface area contributed by atoms with Gasteiger partial charge in [-0.25, -0.2) is 0 Å². The molecule has 0 aromatic heterocycles. The molecule has 2 aromatic rings. The number of methoxy groups -OCH3 is 1. The maximum Gasteiger partial charge on any atom is 0.161 e. The van der Waals surface area contributed by atoms with Crippen molar-refractivity contribution in [1.82, 2.24) is 4.90 Å². The first-order chi connectivity index (χ1) is 13.2. The topological polar surface area (TPSA) is 34.2 Å². The molecule has 1 atom stereocenters. The highest BCUT2D eigenvalue weighted by Gasteiger charge is 2.28. The molecule has 0 bridgehead atoms. The minimum absolute atomic E-state index is 0.100. The van der Waals surface area contributed by atoms with E-state index in [-0.39, 0.29) is 6.10 Å². The smallest absolute Gasteiger partial charge is 0.161 e. The summed E-state index contributed by atoms with van der Waals surface area (Å²) in [6.45, 7) is 3.69. The van der Waals surface area contributed by atoms with Crippen LogP contribution in [0.25, 0.3) is 0 Å². The first-order valence-electron chi connectivity index (χ1n) is 9.71. The maximum absolute atomic E-state index is 6.11. The summed E-state index contributed by atoms with van der Waals surface area (Å²) in [6, 6.07) is 16.7. The van der Waals surface area contributed by atoms with Gasteiger partial charge in [0.1, 0.15) is 18.5 Å². The molecule has 0 aliphatic carbocycles. The van der Waals surface area contributed by atoms with Gasteiger partial charge in [0.25, 0.3) is 0 Å². The third-order valence-corrected chi connectivity index (χ3v) is 5.60. The Morgan fingerprint density at radius 3 is 2.52 bits per heavy atom. The Morgan fingerprint density at radius 2 is 1.74 bits per heavy atom. The number of nitrogens with zero attached hydrogens (tertiary/aromatic N) is 2. The molecule has 5 heteroatoms.